The van der Waals surface area contributed by atoms with Gasteiger partial charge in [0.05, 0.1) is 11.8 Å². The van der Waals surface area contributed by atoms with Crippen LogP contribution in [0.5, 0.6) is 0 Å². The standard InChI is InChI=1S/C29H37N5O6/c1-17-16-30-23(34(24-10-12-31-32(24)9)27(37)40-29(6,7)8)15-19(17)22-14-20-21(38-22)11-13-33(25(20)35)18(2)26(36)39-28(3,4)5/h10,12,14-16,18H,11,13H2,1-9H3/t18-/m1/s1. The zero-order valence-corrected chi connectivity index (χ0v) is 24.6. The molecule has 0 aromatic carbocycles. The second-order valence-electron chi connectivity index (χ2n) is 11.9. The van der Waals surface area contributed by atoms with E-state index in [0.717, 1.165) is 5.56 Å². The van der Waals surface area contributed by atoms with Crippen LogP contribution in [-0.2, 0) is 27.7 Å². The van der Waals surface area contributed by atoms with Crippen molar-refractivity contribution >= 4 is 29.6 Å². The van der Waals surface area contributed by atoms with Gasteiger partial charge in [0.15, 0.2) is 0 Å². The summed E-state index contributed by atoms with van der Waals surface area (Å²) in [6.45, 7) is 14.6. The van der Waals surface area contributed by atoms with Crippen LogP contribution in [0.4, 0.5) is 16.4 Å². The zero-order valence-electron chi connectivity index (χ0n) is 24.6. The zero-order chi connectivity index (χ0) is 29.6. The topological polar surface area (TPSA) is 120 Å². The minimum absolute atomic E-state index is 0.299. The molecule has 0 radical (unpaired) electrons. The Balaban J connectivity index is 1.68. The number of ether oxygens (including phenoxy) is 2. The van der Waals surface area contributed by atoms with Crippen LogP contribution in [0.1, 0.15) is 70.1 Å². The maximum atomic E-state index is 13.4. The van der Waals surface area contributed by atoms with Gasteiger partial charge in [-0.15, -0.1) is 0 Å². The van der Waals surface area contributed by atoms with E-state index in [1.807, 2.05) is 6.92 Å². The fourth-order valence-corrected chi connectivity index (χ4v) is 4.39. The molecule has 3 aromatic rings. The summed E-state index contributed by atoms with van der Waals surface area (Å²) in [6.07, 6.45) is 3.06. The van der Waals surface area contributed by atoms with E-state index in [1.54, 1.807) is 90.8 Å². The first-order chi connectivity index (χ1) is 18.6. The first kappa shape index (κ1) is 28.8. The van der Waals surface area contributed by atoms with Crippen LogP contribution < -0.4 is 4.90 Å². The van der Waals surface area contributed by atoms with Gasteiger partial charge >= 0.3 is 12.1 Å². The SMILES string of the molecule is Cc1cnc(N(C(=O)OC(C)(C)C)c2ccnn2C)cc1-c1cc2c(o1)CCN([C@H](C)C(=O)OC(C)(C)C)C2=O. The summed E-state index contributed by atoms with van der Waals surface area (Å²) in [5, 5.41) is 4.19. The maximum Gasteiger partial charge on any atom is 0.421 e. The average Bonchev–Trinajstić information content (AvgIpc) is 3.45. The molecule has 1 atom stereocenters. The lowest BCUT2D eigenvalue weighted by Crippen LogP contribution is -2.48. The van der Waals surface area contributed by atoms with E-state index in [4.69, 9.17) is 13.9 Å². The van der Waals surface area contributed by atoms with Crippen molar-refractivity contribution < 1.29 is 28.3 Å². The molecule has 4 rings (SSSR count). The highest BCUT2D eigenvalue weighted by atomic mass is 16.6. The summed E-state index contributed by atoms with van der Waals surface area (Å²) in [5.74, 6) is 1.02. The van der Waals surface area contributed by atoms with Gasteiger partial charge in [-0.3, -0.25) is 9.48 Å². The van der Waals surface area contributed by atoms with E-state index in [1.165, 1.54) is 9.80 Å². The molecule has 1 aliphatic heterocycles. The molecule has 0 fully saturated rings. The number of esters is 1. The molecule has 40 heavy (non-hydrogen) atoms. The van der Waals surface area contributed by atoms with E-state index >= 15 is 0 Å². The molecule has 11 heteroatoms. The van der Waals surface area contributed by atoms with Crippen LogP contribution in [0.2, 0.25) is 0 Å². The third-order valence-electron chi connectivity index (χ3n) is 6.28. The van der Waals surface area contributed by atoms with Gasteiger partial charge in [-0.25, -0.2) is 19.5 Å². The Hall–Kier alpha value is -4.15. The fourth-order valence-electron chi connectivity index (χ4n) is 4.39. The van der Waals surface area contributed by atoms with Crippen LogP contribution in [0.25, 0.3) is 11.3 Å². The van der Waals surface area contributed by atoms with E-state index in [0.29, 0.717) is 47.2 Å². The maximum absolute atomic E-state index is 13.4. The number of hydrogen-bond donors (Lipinski definition) is 0. The Morgan fingerprint density at radius 1 is 1.07 bits per heavy atom. The Kier molecular flexibility index (Phi) is 7.53. The number of anilines is 2. The molecular formula is C29H37N5O6. The van der Waals surface area contributed by atoms with Gasteiger partial charge in [-0.05, 0) is 73.1 Å². The highest BCUT2D eigenvalue weighted by Crippen LogP contribution is 2.35. The Morgan fingerprint density at radius 2 is 1.75 bits per heavy atom. The predicted octanol–water partition coefficient (Wildman–Crippen LogP) is 5.19. The lowest BCUT2D eigenvalue weighted by atomic mass is 10.0. The van der Waals surface area contributed by atoms with Crippen LogP contribution in [0.3, 0.4) is 0 Å². The minimum Gasteiger partial charge on any atom is -0.460 e. The third-order valence-corrected chi connectivity index (χ3v) is 6.28. The first-order valence-electron chi connectivity index (χ1n) is 13.2. The molecule has 0 saturated heterocycles. The number of hydrogen-bond acceptors (Lipinski definition) is 8. The second-order valence-corrected chi connectivity index (χ2v) is 11.9. The number of nitrogens with zero attached hydrogens (tertiary/aromatic N) is 5. The van der Waals surface area contributed by atoms with Crippen molar-refractivity contribution in [1.29, 1.82) is 0 Å². The molecule has 2 amide bonds. The molecule has 4 heterocycles. The summed E-state index contributed by atoms with van der Waals surface area (Å²) in [5.41, 5.74) is 0.455. The van der Waals surface area contributed by atoms with Crippen LogP contribution in [-0.4, -0.2) is 61.4 Å². The van der Waals surface area contributed by atoms with Gasteiger partial charge in [0, 0.05) is 37.8 Å². The average molecular weight is 552 g/mol. The monoisotopic (exact) mass is 551 g/mol. The molecule has 0 spiro atoms. The molecule has 0 aliphatic carbocycles. The van der Waals surface area contributed by atoms with E-state index in [9.17, 15) is 14.4 Å². The Bertz CT molecular complexity index is 1440. The smallest absolute Gasteiger partial charge is 0.421 e. The quantitative estimate of drug-likeness (QED) is 0.398. The summed E-state index contributed by atoms with van der Waals surface area (Å²) < 4.78 is 18.9. The van der Waals surface area contributed by atoms with Crippen molar-refractivity contribution in [3.63, 3.8) is 0 Å². The normalized spacial score (nSPS) is 14.5. The van der Waals surface area contributed by atoms with Gasteiger partial charge in [0.1, 0.15) is 40.4 Å². The van der Waals surface area contributed by atoms with Crippen molar-refractivity contribution in [2.75, 3.05) is 11.4 Å². The van der Waals surface area contributed by atoms with Crippen molar-refractivity contribution in [2.45, 2.75) is 79.1 Å². The van der Waals surface area contributed by atoms with Gasteiger partial charge < -0.3 is 18.8 Å². The number of pyridine rings is 1. The molecule has 214 valence electrons. The molecule has 1 aliphatic rings. The number of carbonyl (C=O) groups is 3. The van der Waals surface area contributed by atoms with E-state index in [-0.39, 0.29) is 5.91 Å². The number of rotatable bonds is 5. The molecule has 0 N–H and O–H groups in total. The molecule has 0 bridgehead atoms. The van der Waals surface area contributed by atoms with Gasteiger partial charge in [-0.2, -0.15) is 5.10 Å². The van der Waals surface area contributed by atoms with Gasteiger partial charge in [0.25, 0.3) is 5.91 Å². The fraction of sp³-hybridized carbons (Fsp3) is 0.483. The number of carbonyl (C=O) groups excluding carboxylic acids is 3. The summed E-state index contributed by atoms with van der Waals surface area (Å²) in [7, 11) is 1.72. The number of aryl methyl sites for hydroxylation is 2. The van der Waals surface area contributed by atoms with Crippen LogP contribution >= 0.6 is 0 Å². The number of furan rings is 1. The highest BCUT2D eigenvalue weighted by Gasteiger charge is 2.36. The number of aromatic nitrogens is 3. The highest BCUT2D eigenvalue weighted by molar-refractivity contribution is 6.00. The van der Waals surface area contributed by atoms with Gasteiger partial charge in [-0.1, -0.05) is 0 Å². The molecular weight excluding hydrogens is 514 g/mol. The molecule has 3 aromatic heterocycles. The summed E-state index contributed by atoms with van der Waals surface area (Å²) in [4.78, 5) is 46.7. The van der Waals surface area contributed by atoms with E-state index in [2.05, 4.69) is 10.1 Å². The lowest BCUT2D eigenvalue weighted by Gasteiger charge is -2.32. The Labute approximate surface area is 234 Å². The molecule has 11 nitrogen and oxygen atoms in total. The van der Waals surface area contributed by atoms with Crippen LogP contribution in [0, 0.1) is 6.92 Å². The third kappa shape index (κ3) is 6.03. The van der Waals surface area contributed by atoms with E-state index < -0.39 is 29.3 Å². The Morgan fingerprint density at radius 3 is 2.35 bits per heavy atom. The van der Waals surface area contributed by atoms with Crippen LogP contribution in [0.15, 0.2) is 35.0 Å². The van der Waals surface area contributed by atoms with Crippen molar-refractivity contribution in [3.8, 4) is 11.3 Å². The molecule has 0 saturated carbocycles. The number of amides is 2. The minimum atomic E-state index is -0.742. The van der Waals surface area contributed by atoms with Crippen molar-refractivity contribution in [3.05, 3.63) is 47.5 Å². The summed E-state index contributed by atoms with van der Waals surface area (Å²) in [6, 6.07) is 4.35. The first-order valence-corrected chi connectivity index (χ1v) is 13.2. The largest absolute Gasteiger partial charge is 0.460 e. The van der Waals surface area contributed by atoms with Crippen molar-refractivity contribution in [2.24, 2.45) is 7.05 Å². The van der Waals surface area contributed by atoms with Crippen molar-refractivity contribution in [1.82, 2.24) is 19.7 Å². The summed E-state index contributed by atoms with van der Waals surface area (Å²) >= 11 is 0. The second kappa shape index (κ2) is 10.4. The number of fused-ring (bicyclic) bond motifs is 1. The van der Waals surface area contributed by atoms with Gasteiger partial charge in [0.2, 0.25) is 0 Å². The lowest BCUT2D eigenvalue weighted by molar-refractivity contribution is -0.159. The molecule has 0 unspecified atom stereocenters. The predicted molar refractivity (Wildman–Crippen MR) is 148 cm³/mol.